The fourth-order valence-corrected chi connectivity index (χ4v) is 2.30. The van der Waals surface area contributed by atoms with Crippen LogP contribution in [0.4, 0.5) is 0 Å². The van der Waals surface area contributed by atoms with Crippen molar-refractivity contribution >= 4 is 0 Å². The van der Waals surface area contributed by atoms with Crippen LogP contribution >= 0.6 is 0 Å². The summed E-state index contributed by atoms with van der Waals surface area (Å²) in [7, 11) is 0. The van der Waals surface area contributed by atoms with Gasteiger partial charge in [0.05, 0.1) is 0 Å². The minimum Gasteiger partial charge on any atom is -0.309 e. The Morgan fingerprint density at radius 1 is 0.913 bits per heavy atom. The Morgan fingerprint density at radius 3 is 2.17 bits per heavy atom. The molecular weight excluding hydrogens is 280 g/mol. The largest absolute Gasteiger partial charge is 0.309 e. The van der Waals surface area contributed by atoms with E-state index in [2.05, 4.69) is 56.2 Å². The van der Waals surface area contributed by atoms with Crippen molar-refractivity contribution in [3.05, 3.63) is 65.0 Å². The van der Waals surface area contributed by atoms with Gasteiger partial charge in [0.25, 0.3) is 0 Å². The van der Waals surface area contributed by atoms with Gasteiger partial charge in [0, 0.05) is 25.5 Å². The molecule has 1 aromatic rings. The topological polar surface area (TPSA) is 24.9 Å². The summed E-state index contributed by atoms with van der Waals surface area (Å²) in [5.74, 6) is 0. The maximum Gasteiger partial charge on any atom is 0.0271 e. The lowest BCUT2D eigenvalue weighted by Gasteiger charge is -2.04. The first kappa shape index (κ1) is 19.4. The Labute approximate surface area is 142 Å². The summed E-state index contributed by atoms with van der Waals surface area (Å²) in [5.41, 5.74) is 5.66. The maximum atomic E-state index is 4.03. The minimum absolute atomic E-state index is 0.898. The Hall–Kier alpha value is -1.67. The van der Waals surface area contributed by atoms with Gasteiger partial charge in [-0.2, -0.15) is 0 Å². The zero-order valence-corrected chi connectivity index (χ0v) is 15.2. The monoisotopic (exact) mass is 312 g/mol. The minimum atomic E-state index is 0.898. The van der Waals surface area contributed by atoms with Gasteiger partial charge < -0.3 is 5.32 Å². The number of pyridine rings is 1. The van der Waals surface area contributed by atoms with Crippen molar-refractivity contribution in [2.45, 2.75) is 59.9 Å². The van der Waals surface area contributed by atoms with Gasteiger partial charge >= 0.3 is 0 Å². The normalized spacial score (nSPS) is 12.3. The van der Waals surface area contributed by atoms with Gasteiger partial charge in [0.1, 0.15) is 0 Å². The summed E-state index contributed by atoms with van der Waals surface area (Å²) >= 11 is 0. The third-order valence-electron chi connectivity index (χ3n) is 3.80. The Morgan fingerprint density at radius 2 is 1.52 bits per heavy atom. The summed E-state index contributed by atoms with van der Waals surface area (Å²) < 4.78 is 0. The van der Waals surface area contributed by atoms with Crippen molar-refractivity contribution in [1.29, 1.82) is 0 Å². The van der Waals surface area contributed by atoms with Crippen LogP contribution in [0.25, 0.3) is 0 Å². The van der Waals surface area contributed by atoms with E-state index in [0.717, 1.165) is 25.9 Å². The van der Waals surface area contributed by atoms with E-state index < -0.39 is 0 Å². The second-order valence-electron chi connectivity index (χ2n) is 6.45. The lowest BCUT2D eigenvalue weighted by molar-refractivity contribution is 0.752. The number of rotatable bonds is 10. The molecule has 0 amide bonds. The molecule has 0 aromatic carbocycles. The molecule has 1 heterocycles. The van der Waals surface area contributed by atoms with Crippen molar-refractivity contribution in [2.24, 2.45) is 0 Å². The summed E-state index contributed by atoms with van der Waals surface area (Å²) in [6.45, 7) is 10.6. The van der Waals surface area contributed by atoms with Gasteiger partial charge in [0.15, 0.2) is 0 Å². The van der Waals surface area contributed by atoms with Crippen LogP contribution in [0.15, 0.2) is 59.5 Å². The Bertz CT molecular complexity index is 520. The Balaban J connectivity index is 2.17. The van der Waals surface area contributed by atoms with Crippen LogP contribution in [0.5, 0.6) is 0 Å². The van der Waals surface area contributed by atoms with Crippen molar-refractivity contribution in [1.82, 2.24) is 10.3 Å². The first-order chi connectivity index (χ1) is 11.1. The van der Waals surface area contributed by atoms with E-state index in [-0.39, 0.29) is 0 Å². The molecule has 2 heteroatoms. The number of allylic oxidation sites excluding steroid dienone is 5. The van der Waals surface area contributed by atoms with Gasteiger partial charge in [-0.1, -0.05) is 34.9 Å². The van der Waals surface area contributed by atoms with Crippen LogP contribution in [0.3, 0.4) is 0 Å². The van der Waals surface area contributed by atoms with Crippen LogP contribution in [-0.2, 0) is 6.54 Å². The van der Waals surface area contributed by atoms with Gasteiger partial charge in [0.2, 0.25) is 0 Å². The van der Waals surface area contributed by atoms with E-state index in [4.69, 9.17) is 0 Å². The highest BCUT2D eigenvalue weighted by atomic mass is 14.8. The quantitative estimate of drug-likeness (QED) is 0.450. The van der Waals surface area contributed by atoms with Crippen LogP contribution in [0.1, 0.15) is 58.9 Å². The van der Waals surface area contributed by atoms with Gasteiger partial charge in [-0.3, -0.25) is 4.98 Å². The second kappa shape index (κ2) is 11.8. The standard InChI is InChI=1S/C21H32N2/c1-18(2)7-5-8-19(3)9-6-10-20(4)11-14-23-17-21-12-15-22-16-13-21/h7,9,11-13,15-16,23H,5-6,8,10,14,17H2,1-4H3/b19-9+,20-11+. The average Bonchev–Trinajstić information content (AvgIpc) is 2.52. The SMILES string of the molecule is CC(C)=CCC/C(C)=C/CC/C(C)=C/CNCc1ccncc1. The predicted octanol–water partition coefficient (Wildman–Crippen LogP) is 5.59. The molecule has 0 spiro atoms. The number of hydrogen-bond donors (Lipinski definition) is 1. The molecule has 1 aromatic heterocycles. The van der Waals surface area contributed by atoms with Gasteiger partial charge in [-0.25, -0.2) is 0 Å². The van der Waals surface area contributed by atoms with E-state index >= 15 is 0 Å². The van der Waals surface area contributed by atoms with Gasteiger partial charge in [-0.05, 0) is 71.1 Å². The van der Waals surface area contributed by atoms with Crippen LogP contribution in [0, 0.1) is 0 Å². The molecule has 1 N–H and O–H groups in total. The summed E-state index contributed by atoms with van der Waals surface area (Å²) in [4.78, 5) is 4.03. The number of nitrogens with zero attached hydrogens (tertiary/aromatic N) is 1. The molecule has 0 aliphatic heterocycles. The van der Waals surface area contributed by atoms with Crippen molar-refractivity contribution in [3.8, 4) is 0 Å². The number of aromatic nitrogens is 1. The molecule has 23 heavy (non-hydrogen) atoms. The maximum absolute atomic E-state index is 4.03. The molecule has 0 saturated carbocycles. The number of nitrogens with one attached hydrogen (secondary N) is 1. The van der Waals surface area contributed by atoms with Crippen molar-refractivity contribution in [3.63, 3.8) is 0 Å². The third kappa shape index (κ3) is 10.6. The first-order valence-electron chi connectivity index (χ1n) is 8.62. The molecule has 0 fully saturated rings. The van der Waals surface area contributed by atoms with Crippen LogP contribution in [-0.4, -0.2) is 11.5 Å². The fraction of sp³-hybridized carbons (Fsp3) is 0.476. The molecule has 2 nitrogen and oxygen atoms in total. The Kier molecular flexibility index (Phi) is 9.97. The molecule has 1 rings (SSSR count). The van der Waals surface area contributed by atoms with Crippen LogP contribution in [0.2, 0.25) is 0 Å². The molecule has 0 atom stereocenters. The molecular formula is C21H32N2. The smallest absolute Gasteiger partial charge is 0.0271 e. The van der Waals surface area contributed by atoms with E-state index in [1.807, 2.05) is 24.5 Å². The first-order valence-corrected chi connectivity index (χ1v) is 8.62. The van der Waals surface area contributed by atoms with Crippen molar-refractivity contribution < 1.29 is 0 Å². The zero-order chi connectivity index (χ0) is 16.9. The second-order valence-corrected chi connectivity index (χ2v) is 6.45. The summed E-state index contributed by atoms with van der Waals surface area (Å²) in [6.07, 6.45) is 15.3. The zero-order valence-electron chi connectivity index (χ0n) is 15.2. The molecule has 0 aliphatic rings. The molecule has 0 saturated heterocycles. The van der Waals surface area contributed by atoms with E-state index in [0.29, 0.717) is 0 Å². The van der Waals surface area contributed by atoms with Crippen LogP contribution < -0.4 is 5.32 Å². The highest BCUT2D eigenvalue weighted by Gasteiger charge is 1.93. The molecule has 0 bridgehead atoms. The summed E-state index contributed by atoms with van der Waals surface area (Å²) in [6, 6.07) is 4.10. The van der Waals surface area contributed by atoms with Crippen molar-refractivity contribution in [2.75, 3.05) is 6.54 Å². The third-order valence-corrected chi connectivity index (χ3v) is 3.80. The fourth-order valence-electron chi connectivity index (χ4n) is 2.30. The molecule has 0 radical (unpaired) electrons. The summed E-state index contributed by atoms with van der Waals surface area (Å²) in [5, 5.41) is 3.44. The lowest BCUT2D eigenvalue weighted by Crippen LogP contribution is -2.13. The molecule has 0 unspecified atom stereocenters. The van der Waals surface area contributed by atoms with E-state index in [1.54, 1.807) is 0 Å². The molecule has 0 aliphatic carbocycles. The van der Waals surface area contributed by atoms with E-state index in [9.17, 15) is 0 Å². The number of hydrogen-bond acceptors (Lipinski definition) is 2. The molecule has 126 valence electrons. The van der Waals surface area contributed by atoms with E-state index in [1.165, 1.54) is 35.1 Å². The highest BCUT2D eigenvalue weighted by molar-refractivity contribution is 5.10. The predicted molar refractivity (Wildman–Crippen MR) is 101 cm³/mol. The average molecular weight is 313 g/mol. The highest BCUT2D eigenvalue weighted by Crippen LogP contribution is 2.11. The lowest BCUT2D eigenvalue weighted by atomic mass is 10.1. The van der Waals surface area contributed by atoms with Gasteiger partial charge in [-0.15, -0.1) is 0 Å².